The number of anilines is 1. The van der Waals surface area contributed by atoms with Crippen LogP contribution in [0.15, 0.2) is 12.3 Å². The minimum atomic E-state index is -0.936. The summed E-state index contributed by atoms with van der Waals surface area (Å²) in [5.74, 6) is 0.275. The van der Waals surface area contributed by atoms with Crippen molar-refractivity contribution in [1.29, 1.82) is 0 Å². The molecule has 1 aromatic rings. The number of nitro groups is 1. The maximum atomic E-state index is 11.0. The molecule has 0 unspecified atom stereocenters. The molecule has 6 heteroatoms. The van der Waals surface area contributed by atoms with Gasteiger partial charge in [-0.25, -0.2) is 4.98 Å². The van der Waals surface area contributed by atoms with Gasteiger partial charge in [0.15, 0.2) is 0 Å². The van der Waals surface area contributed by atoms with Crippen molar-refractivity contribution >= 4 is 11.5 Å². The fraction of sp³-hybridized carbons (Fsp3) is 0.545. The Morgan fingerprint density at radius 2 is 2.18 bits per heavy atom. The highest BCUT2D eigenvalue weighted by molar-refractivity contribution is 5.61. The number of pyridine rings is 1. The van der Waals surface area contributed by atoms with Crippen molar-refractivity contribution in [2.45, 2.75) is 26.4 Å². The van der Waals surface area contributed by atoms with Crippen molar-refractivity contribution in [3.63, 3.8) is 0 Å². The van der Waals surface area contributed by atoms with Gasteiger partial charge in [-0.2, -0.15) is 0 Å². The first kappa shape index (κ1) is 13.4. The Kier molecular flexibility index (Phi) is 3.67. The van der Waals surface area contributed by atoms with E-state index in [0.29, 0.717) is 5.56 Å². The van der Waals surface area contributed by atoms with E-state index >= 15 is 0 Å². The van der Waals surface area contributed by atoms with Crippen molar-refractivity contribution < 1.29 is 10.0 Å². The molecule has 6 nitrogen and oxygen atoms in total. The molecule has 0 atom stereocenters. The van der Waals surface area contributed by atoms with Gasteiger partial charge >= 0.3 is 5.69 Å². The van der Waals surface area contributed by atoms with Gasteiger partial charge in [0, 0.05) is 25.4 Å². The average molecular weight is 239 g/mol. The van der Waals surface area contributed by atoms with Crippen LogP contribution in [0.5, 0.6) is 0 Å². The molecule has 0 fully saturated rings. The first-order valence-electron chi connectivity index (χ1n) is 5.26. The lowest BCUT2D eigenvalue weighted by molar-refractivity contribution is -0.384. The average Bonchev–Trinajstić information content (AvgIpc) is 2.13. The zero-order valence-corrected chi connectivity index (χ0v) is 10.5. The number of aryl methyl sites for hydroxylation is 1. The molecule has 0 saturated heterocycles. The van der Waals surface area contributed by atoms with E-state index in [1.165, 1.54) is 6.20 Å². The van der Waals surface area contributed by atoms with Crippen LogP contribution in [-0.2, 0) is 0 Å². The normalized spacial score (nSPS) is 11.4. The molecular formula is C11H17N3O3. The molecule has 0 radical (unpaired) electrons. The molecule has 0 bridgehead atoms. The molecule has 0 aliphatic carbocycles. The van der Waals surface area contributed by atoms with Gasteiger partial charge in [-0.05, 0) is 26.8 Å². The van der Waals surface area contributed by atoms with Crippen LogP contribution in [0.4, 0.5) is 11.5 Å². The van der Waals surface area contributed by atoms with Crippen LogP contribution in [0, 0.1) is 17.0 Å². The lowest BCUT2D eigenvalue weighted by atomic mass is 10.1. The standard InChI is InChI=1S/C11H17N3O3/c1-8-5-6-12-10(9(8)14(16)17)13(4)7-11(2,3)15/h5-6,15H,7H2,1-4H3. The third-order valence-corrected chi connectivity index (χ3v) is 2.27. The Bertz CT molecular complexity index is 426. The molecule has 0 spiro atoms. The number of hydrogen-bond donors (Lipinski definition) is 1. The summed E-state index contributed by atoms with van der Waals surface area (Å²) >= 11 is 0. The van der Waals surface area contributed by atoms with Gasteiger partial charge in [-0.3, -0.25) is 10.1 Å². The minimum Gasteiger partial charge on any atom is -0.389 e. The predicted molar refractivity (Wildman–Crippen MR) is 65.2 cm³/mol. The minimum absolute atomic E-state index is 0.0146. The van der Waals surface area contributed by atoms with Crippen molar-refractivity contribution in [3.05, 3.63) is 27.9 Å². The number of nitrogens with zero attached hydrogens (tertiary/aromatic N) is 3. The SMILES string of the molecule is Cc1ccnc(N(C)CC(C)(C)O)c1[N+](=O)[O-]. The Labute approximate surface area is 100 Å². The van der Waals surface area contributed by atoms with Crippen LogP contribution >= 0.6 is 0 Å². The smallest absolute Gasteiger partial charge is 0.314 e. The van der Waals surface area contributed by atoms with E-state index in [9.17, 15) is 15.2 Å². The Hall–Kier alpha value is -1.69. The van der Waals surface area contributed by atoms with Crippen LogP contribution < -0.4 is 4.90 Å². The lowest BCUT2D eigenvalue weighted by Crippen LogP contribution is -2.37. The van der Waals surface area contributed by atoms with Crippen LogP contribution in [0.2, 0.25) is 0 Å². The highest BCUT2D eigenvalue weighted by Crippen LogP contribution is 2.28. The van der Waals surface area contributed by atoms with Crippen LogP contribution in [0.3, 0.4) is 0 Å². The van der Waals surface area contributed by atoms with Crippen LogP contribution in [0.25, 0.3) is 0 Å². The van der Waals surface area contributed by atoms with Gasteiger partial charge in [0.1, 0.15) is 0 Å². The largest absolute Gasteiger partial charge is 0.389 e. The van der Waals surface area contributed by atoms with Crippen molar-refractivity contribution in [1.82, 2.24) is 4.98 Å². The first-order valence-corrected chi connectivity index (χ1v) is 5.26. The molecule has 1 N–H and O–H groups in total. The van der Waals surface area contributed by atoms with Gasteiger partial charge in [0.25, 0.3) is 0 Å². The van der Waals surface area contributed by atoms with E-state index < -0.39 is 10.5 Å². The second-order valence-corrected chi connectivity index (χ2v) is 4.73. The summed E-state index contributed by atoms with van der Waals surface area (Å²) < 4.78 is 0. The fourth-order valence-corrected chi connectivity index (χ4v) is 1.70. The molecule has 0 aliphatic rings. The Balaban J connectivity index is 3.13. The maximum absolute atomic E-state index is 11.0. The number of likely N-dealkylation sites (N-methyl/N-ethyl adjacent to an activating group) is 1. The summed E-state index contributed by atoms with van der Waals surface area (Å²) in [6.07, 6.45) is 1.53. The zero-order chi connectivity index (χ0) is 13.2. The van der Waals surface area contributed by atoms with E-state index in [0.717, 1.165) is 0 Å². The van der Waals surface area contributed by atoms with Crippen molar-refractivity contribution in [2.75, 3.05) is 18.5 Å². The summed E-state index contributed by atoms with van der Waals surface area (Å²) in [5, 5.41) is 20.7. The second kappa shape index (κ2) is 4.67. The highest BCUT2D eigenvalue weighted by Gasteiger charge is 2.24. The van der Waals surface area contributed by atoms with E-state index in [1.54, 1.807) is 38.8 Å². The van der Waals surface area contributed by atoms with Gasteiger partial charge in [-0.1, -0.05) is 0 Å². The van der Waals surface area contributed by atoms with E-state index in [2.05, 4.69) is 4.98 Å². The van der Waals surface area contributed by atoms with Gasteiger partial charge in [0.05, 0.1) is 10.5 Å². The third kappa shape index (κ3) is 3.39. The van der Waals surface area contributed by atoms with Crippen molar-refractivity contribution in [2.24, 2.45) is 0 Å². The van der Waals surface area contributed by atoms with E-state index in [-0.39, 0.29) is 18.1 Å². The Morgan fingerprint density at radius 1 is 1.59 bits per heavy atom. The molecule has 0 aliphatic heterocycles. The van der Waals surface area contributed by atoms with Crippen LogP contribution in [0.1, 0.15) is 19.4 Å². The molecule has 0 amide bonds. The number of aromatic nitrogens is 1. The lowest BCUT2D eigenvalue weighted by Gasteiger charge is -2.26. The fourth-order valence-electron chi connectivity index (χ4n) is 1.70. The number of hydrogen-bond acceptors (Lipinski definition) is 5. The summed E-state index contributed by atoms with van der Waals surface area (Å²) in [6, 6.07) is 1.60. The van der Waals surface area contributed by atoms with E-state index in [1.807, 2.05) is 0 Å². The van der Waals surface area contributed by atoms with Crippen LogP contribution in [-0.4, -0.2) is 34.2 Å². The van der Waals surface area contributed by atoms with E-state index in [4.69, 9.17) is 0 Å². The molecule has 0 saturated carbocycles. The topological polar surface area (TPSA) is 79.5 Å². The monoisotopic (exact) mass is 239 g/mol. The molecular weight excluding hydrogens is 222 g/mol. The number of rotatable bonds is 4. The van der Waals surface area contributed by atoms with Gasteiger partial charge < -0.3 is 10.0 Å². The summed E-state index contributed by atoms with van der Waals surface area (Å²) in [4.78, 5) is 16.1. The highest BCUT2D eigenvalue weighted by atomic mass is 16.6. The zero-order valence-electron chi connectivity index (χ0n) is 10.5. The summed E-state index contributed by atoms with van der Waals surface area (Å²) in [6.45, 7) is 5.22. The Morgan fingerprint density at radius 3 is 2.65 bits per heavy atom. The van der Waals surface area contributed by atoms with Gasteiger partial charge in [0.2, 0.25) is 5.82 Å². The quantitative estimate of drug-likeness (QED) is 0.636. The summed E-state index contributed by atoms with van der Waals surface area (Å²) in [5.41, 5.74) is -0.393. The molecule has 1 aromatic heterocycles. The molecule has 1 heterocycles. The molecule has 0 aromatic carbocycles. The molecule has 94 valence electrons. The number of aliphatic hydroxyl groups is 1. The summed E-state index contributed by atoms with van der Waals surface area (Å²) in [7, 11) is 1.67. The molecule has 17 heavy (non-hydrogen) atoms. The van der Waals surface area contributed by atoms with Crippen molar-refractivity contribution in [3.8, 4) is 0 Å². The third-order valence-electron chi connectivity index (χ3n) is 2.27. The maximum Gasteiger partial charge on any atom is 0.314 e. The first-order chi connectivity index (χ1) is 7.72. The molecule has 1 rings (SSSR count). The second-order valence-electron chi connectivity index (χ2n) is 4.73. The predicted octanol–water partition coefficient (Wildman–Crippen LogP) is 1.51. The van der Waals surface area contributed by atoms with Gasteiger partial charge in [-0.15, -0.1) is 0 Å².